The zero-order chi connectivity index (χ0) is 8.91. The quantitative estimate of drug-likeness (QED) is 0.557. The van der Waals surface area contributed by atoms with Crippen molar-refractivity contribution in [1.29, 1.82) is 0 Å². The van der Waals surface area contributed by atoms with Crippen LogP contribution in [0.3, 0.4) is 0 Å². The van der Waals surface area contributed by atoms with Gasteiger partial charge < -0.3 is 16.6 Å². The molecule has 0 amide bonds. The fourth-order valence-corrected chi connectivity index (χ4v) is 1.29. The summed E-state index contributed by atoms with van der Waals surface area (Å²) in [4.78, 5) is 10.4. The molecule has 0 aliphatic heterocycles. The number of carboxylic acids is 1. The molecule has 5 N–H and O–H groups in total. The molecule has 0 saturated carbocycles. The lowest BCUT2D eigenvalue weighted by molar-refractivity contribution is -0.141. The van der Waals surface area contributed by atoms with Crippen LogP contribution in [0.1, 0.15) is 6.92 Å². The standard InChI is InChI=1S/C6H14N2O2S.ClH/c1-6(8,5(9)10)4-11-3-2-7;/h2-4,7-8H2,1H3,(H,9,10);1H. The van der Waals surface area contributed by atoms with Crippen molar-refractivity contribution < 1.29 is 9.90 Å². The maximum absolute atomic E-state index is 10.4. The van der Waals surface area contributed by atoms with E-state index in [1.54, 1.807) is 0 Å². The normalized spacial score (nSPS) is 14.6. The molecule has 0 rings (SSSR count). The van der Waals surface area contributed by atoms with E-state index >= 15 is 0 Å². The molecule has 6 heteroatoms. The predicted molar refractivity (Wildman–Crippen MR) is 53.9 cm³/mol. The van der Waals surface area contributed by atoms with Crippen LogP contribution >= 0.6 is 24.2 Å². The summed E-state index contributed by atoms with van der Waals surface area (Å²) in [5.74, 6) is 0.182. The van der Waals surface area contributed by atoms with Gasteiger partial charge in [0, 0.05) is 18.1 Å². The number of carbonyl (C=O) groups is 1. The first-order chi connectivity index (χ1) is 5.00. The predicted octanol–water partition coefficient (Wildman–Crippen LogP) is -0.0979. The van der Waals surface area contributed by atoms with E-state index in [-0.39, 0.29) is 12.4 Å². The van der Waals surface area contributed by atoms with Crippen molar-refractivity contribution in [2.75, 3.05) is 18.1 Å². The summed E-state index contributed by atoms with van der Waals surface area (Å²) in [6.07, 6.45) is 0. The fraction of sp³-hybridized carbons (Fsp3) is 0.833. The van der Waals surface area contributed by atoms with Gasteiger partial charge in [-0.3, -0.25) is 4.79 Å². The lowest BCUT2D eigenvalue weighted by atomic mass is 10.1. The Bertz CT molecular complexity index is 144. The monoisotopic (exact) mass is 214 g/mol. The maximum Gasteiger partial charge on any atom is 0.324 e. The van der Waals surface area contributed by atoms with Crippen LogP contribution in [-0.2, 0) is 4.79 Å². The number of aliphatic carboxylic acids is 1. The van der Waals surface area contributed by atoms with E-state index in [4.69, 9.17) is 16.6 Å². The third kappa shape index (κ3) is 5.65. The van der Waals surface area contributed by atoms with Crippen molar-refractivity contribution >= 4 is 30.1 Å². The lowest BCUT2D eigenvalue weighted by Crippen LogP contribution is -2.47. The summed E-state index contributed by atoms with van der Waals surface area (Å²) in [6.45, 7) is 2.05. The van der Waals surface area contributed by atoms with Crippen LogP contribution in [0, 0.1) is 0 Å². The smallest absolute Gasteiger partial charge is 0.324 e. The Morgan fingerprint density at radius 2 is 2.17 bits per heavy atom. The molecular formula is C6H15ClN2O2S. The zero-order valence-electron chi connectivity index (χ0n) is 6.95. The van der Waals surface area contributed by atoms with Crippen molar-refractivity contribution in [2.45, 2.75) is 12.5 Å². The van der Waals surface area contributed by atoms with Gasteiger partial charge in [0.1, 0.15) is 5.54 Å². The Morgan fingerprint density at radius 1 is 1.67 bits per heavy atom. The second kappa shape index (κ2) is 6.54. The van der Waals surface area contributed by atoms with Gasteiger partial charge in [0.05, 0.1) is 0 Å². The van der Waals surface area contributed by atoms with Crippen molar-refractivity contribution in [2.24, 2.45) is 11.5 Å². The molecule has 1 unspecified atom stereocenters. The first-order valence-electron chi connectivity index (χ1n) is 3.31. The molecular weight excluding hydrogens is 200 g/mol. The molecule has 0 spiro atoms. The number of nitrogens with two attached hydrogens (primary N) is 2. The SMILES string of the molecule is CC(N)(CSCCN)C(=O)O.Cl. The van der Waals surface area contributed by atoms with Crippen LogP contribution in [0.4, 0.5) is 0 Å². The number of halogens is 1. The minimum absolute atomic E-state index is 0. The van der Waals surface area contributed by atoms with Gasteiger partial charge >= 0.3 is 5.97 Å². The zero-order valence-corrected chi connectivity index (χ0v) is 8.58. The number of hydrogen-bond donors (Lipinski definition) is 3. The Hall–Kier alpha value is 0.0300. The first kappa shape index (κ1) is 14.5. The lowest BCUT2D eigenvalue weighted by Gasteiger charge is -2.17. The molecule has 4 nitrogen and oxygen atoms in total. The van der Waals surface area contributed by atoms with Gasteiger partial charge in [-0.2, -0.15) is 11.8 Å². The fourth-order valence-electron chi connectivity index (χ4n) is 0.429. The average molecular weight is 215 g/mol. The van der Waals surface area contributed by atoms with Crippen LogP contribution in [0.25, 0.3) is 0 Å². The minimum atomic E-state index is -1.13. The maximum atomic E-state index is 10.4. The Kier molecular flexibility index (Phi) is 7.92. The van der Waals surface area contributed by atoms with E-state index < -0.39 is 11.5 Å². The van der Waals surface area contributed by atoms with E-state index in [9.17, 15) is 4.79 Å². The molecule has 0 aromatic carbocycles. The van der Waals surface area contributed by atoms with Gasteiger partial charge in [-0.1, -0.05) is 0 Å². The Balaban J connectivity index is 0. The second-order valence-electron chi connectivity index (χ2n) is 2.56. The van der Waals surface area contributed by atoms with Crippen LogP contribution in [-0.4, -0.2) is 34.7 Å². The van der Waals surface area contributed by atoms with E-state index in [2.05, 4.69) is 0 Å². The van der Waals surface area contributed by atoms with Gasteiger partial charge in [-0.15, -0.1) is 12.4 Å². The Morgan fingerprint density at radius 3 is 2.50 bits per heavy atom. The number of thioether (sulfide) groups is 1. The van der Waals surface area contributed by atoms with Crippen molar-refractivity contribution in [3.63, 3.8) is 0 Å². The molecule has 74 valence electrons. The van der Waals surface area contributed by atoms with Crippen LogP contribution in [0.5, 0.6) is 0 Å². The molecule has 0 bridgehead atoms. The molecule has 12 heavy (non-hydrogen) atoms. The van der Waals surface area contributed by atoms with Crippen molar-refractivity contribution in [3.05, 3.63) is 0 Å². The largest absolute Gasteiger partial charge is 0.480 e. The van der Waals surface area contributed by atoms with Gasteiger partial charge in [0.25, 0.3) is 0 Å². The number of rotatable bonds is 5. The third-order valence-electron chi connectivity index (χ3n) is 1.15. The van der Waals surface area contributed by atoms with Crippen LogP contribution < -0.4 is 11.5 Å². The topological polar surface area (TPSA) is 89.3 Å². The molecule has 0 fully saturated rings. The molecule has 0 aliphatic carbocycles. The highest BCUT2D eigenvalue weighted by atomic mass is 35.5. The summed E-state index contributed by atoms with van der Waals surface area (Å²) in [7, 11) is 0. The minimum Gasteiger partial charge on any atom is -0.480 e. The summed E-state index contributed by atoms with van der Waals surface area (Å²) in [5.41, 5.74) is 9.54. The molecule has 0 aromatic rings. The highest BCUT2D eigenvalue weighted by Crippen LogP contribution is 2.09. The molecule has 1 atom stereocenters. The first-order valence-corrected chi connectivity index (χ1v) is 4.46. The molecule has 0 aromatic heterocycles. The molecule has 0 saturated heterocycles. The van der Waals surface area contributed by atoms with Gasteiger partial charge in [-0.05, 0) is 6.92 Å². The molecule has 0 aliphatic rings. The van der Waals surface area contributed by atoms with Crippen molar-refractivity contribution in [3.8, 4) is 0 Å². The van der Waals surface area contributed by atoms with Gasteiger partial charge in [-0.25, -0.2) is 0 Å². The van der Waals surface area contributed by atoms with Gasteiger partial charge in [0.15, 0.2) is 0 Å². The Labute approximate surface area is 82.5 Å². The highest BCUT2D eigenvalue weighted by Gasteiger charge is 2.27. The summed E-state index contributed by atoms with van der Waals surface area (Å²) in [5, 5.41) is 8.57. The van der Waals surface area contributed by atoms with E-state index in [1.165, 1.54) is 18.7 Å². The average Bonchev–Trinajstić information content (AvgIpc) is 1.88. The second-order valence-corrected chi connectivity index (χ2v) is 3.67. The highest BCUT2D eigenvalue weighted by molar-refractivity contribution is 7.99. The number of hydrogen-bond acceptors (Lipinski definition) is 4. The molecule has 0 heterocycles. The van der Waals surface area contributed by atoms with E-state index in [1.807, 2.05) is 0 Å². The van der Waals surface area contributed by atoms with Crippen molar-refractivity contribution in [1.82, 2.24) is 0 Å². The van der Waals surface area contributed by atoms with E-state index in [0.717, 1.165) is 5.75 Å². The third-order valence-corrected chi connectivity index (χ3v) is 2.48. The summed E-state index contributed by atoms with van der Waals surface area (Å²) >= 11 is 1.46. The van der Waals surface area contributed by atoms with Crippen LogP contribution in [0.15, 0.2) is 0 Å². The van der Waals surface area contributed by atoms with Crippen LogP contribution in [0.2, 0.25) is 0 Å². The van der Waals surface area contributed by atoms with Gasteiger partial charge in [0.2, 0.25) is 0 Å². The van der Waals surface area contributed by atoms with E-state index in [0.29, 0.717) is 12.3 Å². The summed E-state index contributed by atoms with van der Waals surface area (Å²) < 4.78 is 0. The summed E-state index contributed by atoms with van der Waals surface area (Å²) in [6, 6.07) is 0. The molecule has 0 radical (unpaired) electrons. The number of carboxylic acid groups (broad SMARTS) is 1.